The molecule has 0 saturated carbocycles. The van der Waals surface area contributed by atoms with Crippen LogP contribution in [0.15, 0.2) is 12.1 Å². The molecule has 1 rings (SSSR count). The minimum atomic E-state index is -0.372. The molecule has 0 saturated heterocycles. The van der Waals surface area contributed by atoms with E-state index in [0.717, 1.165) is 11.1 Å². The van der Waals surface area contributed by atoms with Gasteiger partial charge in [0.15, 0.2) is 0 Å². The molecule has 0 spiro atoms. The molecule has 0 heterocycles. The van der Waals surface area contributed by atoms with Gasteiger partial charge in [0, 0.05) is 5.54 Å². The normalized spacial score (nSPS) is 11.9. The van der Waals surface area contributed by atoms with Crippen molar-refractivity contribution >= 4 is 11.6 Å². The van der Waals surface area contributed by atoms with Crippen LogP contribution in [0.25, 0.3) is 0 Å². The summed E-state index contributed by atoms with van der Waals surface area (Å²) in [4.78, 5) is 0. The highest BCUT2D eigenvalue weighted by molar-refractivity contribution is 6.30. The summed E-state index contributed by atoms with van der Waals surface area (Å²) in [5.41, 5.74) is 7.49. The van der Waals surface area contributed by atoms with E-state index in [2.05, 4.69) is 0 Å². The fourth-order valence-electron chi connectivity index (χ4n) is 1.37. The molecule has 1 nitrogen and oxygen atoms in total. The quantitative estimate of drug-likeness (QED) is 0.806. The van der Waals surface area contributed by atoms with Crippen LogP contribution in [0.5, 0.6) is 0 Å². The SMILES string of the molecule is Cc1cc(F)c(Cl)cc1CC(C)(C)N. The van der Waals surface area contributed by atoms with Gasteiger partial charge in [-0.2, -0.15) is 0 Å². The molecule has 0 aliphatic heterocycles. The zero-order chi connectivity index (χ0) is 10.9. The first kappa shape index (κ1) is 11.5. The molecule has 0 atom stereocenters. The molecule has 0 aromatic heterocycles. The van der Waals surface area contributed by atoms with Crippen molar-refractivity contribution in [3.63, 3.8) is 0 Å². The average Bonchev–Trinajstić information content (AvgIpc) is 1.97. The van der Waals surface area contributed by atoms with Gasteiger partial charge in [0.05, 0.1) is 5.02 Å². The molecule has 1 aromatic carbocycles. The van der Waals surface area contributed by atoms with Crippen LogP contribution in [0, 0.1) is 12.7 Å². The maximum absolute atomic E-state index is 13.0. The minimum absolute atomic E-state index is 0.162. The maximum atomic E-state index is 13.0. The molecular formula is C11H15ClFN. The average molecular weight is 216 g/mol. The van der Waals surface area contributed by atoms with Crippen molar-refractivity contribution in [2.24, 2.45) is 5.73 Å². The molecular weight excluding hydrogens is 201 g/mol. The zero-order valence-electron chi connectivity index (χ0n) is 8.70. The topological polar surface area (TPSA) is 26.0 Å². The van der Waals surface area contributed by atoms with Crippen LogP contribution in [-0.2, 0) is 6.42 Å². The molecule has 0 unspecified atom stereocenters. The first-order valence-corrected chi connectivity index (χ1v) is 4.91. The molecule has 0 radical (unpaired) electrons. The number of aryl methyl sites for hydroxylation is 1. The van der Waals surface area contributed by atoms with Crippen molar-refractivity contribution in [2.75, 3.05) is 0 Å². The van der Waals surface area contributed by atoms with Crippen molar-refractivity contribution in [1.82, 2.24) is 0 Å². The highest BCUT2D eigenvalue weighted by Gasteiger charge is 2.14. The number of nitrogens with two attached hydrogens (primary N) is 1. The molecule has 2 N–H and O–H groups in total. The van der Waals surface area contributed by atoms with Crippen molar-refractivity contribution in [3.8, 4) is 0 Å². The van der Waals surface area contributed by atoms with E-state index in [1.807, 2.05) is 20.8 Å². The van der Waals surface area contributed by atoms with Gasteiger partial charge in [0.25, 0.3) is 0 Å². The van der Waals surface area contributed by atoms with Crippen molar-refractivity contribution in [1.29, 1.82) is 0 Å². The van der Waals surface area contributed by atoms with E-state index in [0.29, 0.717) is 6.42 Å². The standard InChI is InChI=1S/C11H15ClFN/c1-7-4-10(13)9(12)5-8(7)6-11(2,3)14/h4-5H,6,14H2,1-3H3. The highest BCUT2D eigenvalue weighted by Crippen LogP contribution is 2.22. The summed E-state index contributed by atoms with van der Waals surface area (Å²) in [6, 6.07) is 3.10. The third kappa shape index (κ3) is 2.96. The van der Waals surface area contributed by atoms with Gasteiger partial charge in [-0.05, 0) is 50.5 Å². The van der Waals surface area contributed by atoms with Gasteiger partial charge in [-0.15, -0.1) is 0 Å². The first-order valence-electron chi connectivity index (χ1n) is 4.53. The molecule has 1 aromatic rings. The van der Waals surface area contributed by atoms with Gasteiger partial charge < -0.3 is 5.73 Å². The lowest BCUT2D eigenvalue weighted by Crippen LogP contribution is -2.34. The second kappa shape index (κ2) is 3.87. The molecule has 3 heteroatoms. The summed E-state index contributed by atoms with van der Waals surface area (Å²) in [5, 5.41) is 0.162. The lowest BCUT2D eigenvalue weighted by molar-refractivity contribution is 0.514. The monoisotopic (exact) mass is 215 g/mol. The van der Waals surface area contributed by atoms with E-state index >= 15 is 0 Å². The van der Waals surface area contributed by atoms with Crippen molar-refractivity contribution in [3.05, 3.63) is 34.1 Å². The smallest absolute Gasteiger partial charge is 0.142 e. The van der Waals surface area contributed by atoms with E-state index in [-0.39, 0.29) is 16.4 Å². The Morgan fingerprint density at radius 3 is 2.50 bits per heavy atom. The largest absolute Gasteiger partial charge is 0.325 e. The van der Waals surface area contributed by atoms with Crippen LogP contribution >= 0.6 is 11.6 Å². The number of hydrogen-bond donors (Lipinski definition) is 1. The molecule has 78 valence electrons. The van der Waals surface area contributed by atoms with E-state index in [9.17, 15) is 4.39 Å². The Labute approximate surface area is 89.1 Å². The van der Waals surface area contributed by atoms with E-state index in [1.165, 1.54) is 6.07 Å². The van der Waals surface area contributed by atoms with Crippen LogP contribution in [0.2, 0.25) is 5.02 Å². The summed E-state index contributed by atoms with van der Waals surface area (Å²) in [7, 11) is 0. The Morgan fingerprint density at radius 2 is 2.00 bits per heavy atom. The van der Waals surface area contributed by atoms with Crippen LogP contribution in [0.3, 0.4) is 0 Å². The predicted octanol–water partition coefficient (Wildman–Crippen LogP) is 3.07. The summed E-state index contributed by atoms with van der Waals surface area (Å²) in [6.45, 7) is 5.73. The molecule has 0 bridgehead atoms. The minimum Gasteiger partial charge on any atom is -0.325 e. The Balaban J connectivity index is 3.04. The highest BCUT2D eigenvalue weighted by atomic mass is 35.5. The van der Waals surface area contributed by atoms with E-state index in [1.54, 1.807) is 6.07 Å². The van der Waals surface area contributed by atoms with Gasteiger partial charge >= 0.3 is 0 Å². The van der Waals surface area contributed by atoms with E-state index in [4.69, 9.17) is 17.3 Å². The van der Waals surface area contributed by atoms with Gasteiger partial charge in [0.2, 0.25) is 0 Å². The molecule has 0 fully saturated rings. The molecule has 0 amide bonds. The summed E-state index contributed by atoms with van der Waals surface area (Å²) in [5.74, 6) is -0.372. The van der Waals surface area contributed by atoms with Crippen LogP contribution in [-0.4, -0.2) is 5.54 Å². The Hall–Kier alpha value is -0.600. The van der Waals surface area contributed by atoms with Crippen LogP contribution in [0.1, 0.15) is 25.0 Å². The lowest BCUT2D eigenvalue weighted by Gasteiger charge is -2.20. The second-order valence-corrected chi connectivity index (χ2v) is 4.77. The predicted molar refractivity (Wildman–Crippen MR) is 58.1 cm³/mol. The number of benzene rings is 1. The third-order valence-electron chi connectivity index (χ3n) is 2.02. The number of rotatable bonds is 2. The maximum Gasteiger partial charge on any atom is 0.142 e. The summed E-state index contributed by atoms with van der Waals surface area (Å²) in [6.07, 6.45) is 0.693. The van der Waals surface area contributed by atoms with Gasteiger partial charge in [-0.25, -0.2) is 4.39 Å². The first-order chi connectivity index (χ1) is 6.29. The molecule has 0 aliphatic rings. The summed E-state index contributed by atoms with van der Waals surface area (Å²) >= 11 is 5.70. The third-order valence-corrected chi connectivity index (χ3v) is 2.31. The second-order valence-electron chi connectivity index (χ2n) is 4.36. The summed E-state index contributed by atoms with van der Waals surface area (Å²) < 4.78 is 13.0. The number of hydrogen-bond acceptors (Lipinski definition) is 1. The zero-order valence-corrected chi connectivity index (χ0v) is 9.45. The van der Waals surface area contributed by atoms with Gasteiger partial charge in [-0.1, -0.05) is 11.6 Å². The lowest BCUT2D eigenvalue weighted by atomic mass is 9.93. The Kier molecular flexibility index (Phi) is 3.17. The molecule has 0 aliphatic carbocycles. The van der Waals surface area contributed by atoms with Crippen molar-refractivity contribution < 1.29 is 4.39 Å². The van der Waals surface area contributed by atoms with Gasteiger partial charge in [-0.3, -0.25) is 0 Å². The molecule has 14 heavy (non-hydrogen) atoms. The Bertz CT molecular complexity index is 342. The van der Waals surface area contributed by atoms with Crippen molar-refractivity contribution in [2.45, 2.75) is 32.7 Å². The fourth-order valence-corrected chi connectivity index (χ4v) is 1.56. The van der Waals surface area contributed by atoms with Gasteiger partial charge in [0.1, 0.15) is 5.82 Å². The van der Waals surface area contributed by atoms with Crippen LogP contribution in [0.4, 0.5) is 4.39 Å². The fraction of sp³-hybridized carbons (Fsp3) is 0.455. The number of halogens is 2. The van der Waals surface area contributed by atoms with E-state index < -0.39 is 0 Å². The van der Waals surface area contributed by atoms with Crippen LogP contribution < -0.4 is 5.73 Å². The Morgan fingerprint density at radius 1 is 1.43 bits per heavy atom.